The van der Waals surface area contributed by atoms with Crippen molar-refractivity contribution in [3.8, 4) is 0 Å². The fourth-order valence-corrected chi connectivity index (χ4v) is 1.97. The van der Waals surface area contributed by atoms with Crippen LogP contribution >= 0.6 is 0 Å². The van der Waals surface area contributed by atoms with Gasteiger partial charge in [-0.15, -0.1) is 0 Å². The summed E-state index contributed by atoms with van der Waals surface area (Å²) >= 11 is 0. The number of ether oxygens (including phenoxy) is 1. The first-order chi connectivity index (χ1) is 8.66. The monoisotopic (exact) mass is 254 g/mol. The SMILES string of the molecule is CN(CC1CNCCO1)C(=O)C1=NNC(=O)CC1. The number of morpholine rings is 1. The van der Waals surface area contributed by atoms with Crippen molar-refractivity contribution in [3.63, 3.8) is 0 Å². The Bertz CT molecular complexity index is 363. The molecule has 0 aliphatic carbocycles. The Balaban J connectivity index is 1.86. The molecular formula is C11H18N4O3. The number of carbonyl (C=O) groups excluding carboxylic acids is 2. The van der Waals surface area contributed by atoms with Gasteiger partial charge < -0.3 is 15.0 Å². The predicted molar refractivity (Wildman–Crippen MR) is 65.1 cm³/mol. The highest BCUT2D eigenvalue weighted by molar-refractivity contribution is 6.39. The molecule has 0 bridgehead atoms. The minimum Gasteiger partial charge on any atom is -0.374 e. The smallest absolute Gasteiger partial charge is 0.269 e. The van der Waals surface area contributed by atoms with E-state index in [0.717, 1.165) is 13.1 Å². The first-order valence-corrected chi connectivity index (χ1v) is 6.10. The zero-order chi connectivity index (χ0) is 13.0. The number of hydrazone groups is 1. The van der Waals surface area contributed by atoms with Gasteiger partial charge in [0.1, 0.15) is 5.71 Å². The lowest BCUT2D eigenvalue weighted by molar-refractivity contribution is -0.125. The zero-order valence-electron chi connectivity index (χ0n) is 10.4. The number of nitrogens with one attached hydrogen (secondary N) is 2. The fraction of sp³-hybridized carbons (Fsp3) is 0.727. The molecule has 2 aliphatic rings. The number of nitrogens with zero attached hydrogens (tertiary/aromatic N) is 2. The van der Waals surface area contributed by atoms with E-state index in [-0.39, 0.29) is 17.9 Å². The van der Waals surface area contributed by atoms with Crippen molar-refractivity contribution in [2.24, 2.45) is 5.10 Å². The van der Waals surface area contributed by atoms with Crippen molar-refractivity contribution in [1.29, 1.82) is 0 Å². The van der Waals surface area contributed by atoms with Gasteiger partial charge in [-0.05, 0) is 0 Å². The van der Waals surface area contributed by atoms with E-state index >= 15 is 0 Å². The van der Waals surface area contributed by atoms with Crippen molar-refractivity contribution < 1.29 is 14.3 Å². The van der Waals surface area contributed by atoms with Gasteiger partial charge in [0.15, 0.2) is 0 Å². The molecule has 1 atom stereocenters. The topological polar surface area (TPSA) is 83.0 Å². The van der Waals surface area contributed by atoms with Crippen molar-refractivity contribution >= 4 is 17.5 Å². The van der Waals surface area contributed by atoms with E-state index in [4.69, 9.17) is 4.74 Å². The largest absolute Gasteiger partial charge is 0.374 e. The number of likely N-dealkylation sites (N-methyl/N-ethyl adjacent to an activating group) is 1. The zero-order valence-corrected chi connectivity index (χ0v) is 10.4. The maximum atomic E-state index is 12.0. The summed E-state index contributed by atoms with van der Waals surface area (Å²) in [7, 11) is 1.72. The molecule has 7 heteroatoms. The number of carbonyl (C=O) groups is 2. The van der Waals surface area contributed by atoms with E-state index in [9.17, 15) is 9.59 Å². The van der Waals surface area contributed by atoms with Gasteiger partial charge in [-0.25, -0.2) is 5.43 Å². The van der Waals surface area contributed by atoms with Crippen LogP contribution in [0.4, 0.5) is 0 Å². The molecule has 1 unspecified atom stereocenters. The number of amides is 2. The molecule has 7 nitrogen and oxygen atoms in total. The van der Waals surface area contributed by atoms with Crippen molar-refractivity contribution in [3.05, 3.63) is 0 Å². The summed E-state index contributed by atoms with van der Waals surface area (Å²) < 4.78 is 5.54. The Kier molecular flexibility index (Phi) is 4.27. The molecule has 1 saturated heterocycles. The number of hydrogen-bond acceptors (Lipinski definition) is 5. The quantitative estimate of drug-likeness (QED) is 0.655. The molecule has 2 aliphatic heterocycles. The van der Waals surface area contributed by atoms with Gasteiger partial charge in [0.2, 0.25) is 5.91 Å². The van der Waals surface area contributed by atoms with Crippen LogP contribution in [0.1, 0.15) is 12.8 Å². The maximum Gasteiger partial charge on any atom is 0.269 e. The van der Waals surface area contributed by atoms with Gasteiger partial charge in [0.05, 0.1) is 12.7 Å². The third kappa shape index (κ3) is 3.27. The summed E-state index contributed by atoms with van der Waals surface area (Å²) in [6.07, 6.45) is 0.741. The van der Waals surface area contributed by atoms with Crippen LogP contribution in [0.15, 0.2) is 5.10 Å². The predicted octanol–water partition coefficient (Wildman–Crippen LogP) is -1.30. The van der Waals surface area contributed by atoms with Crippen LogP contribution in [0.3, 0.4) is 0 Å². The van der Waals surface area contributed by atoms with E-state index in [1.807, 2.05) is 0 Å². The highest BCUT2D eigenvalue weighted by Gasteiger charge is 2.24. The molecule has 0 spiro atoms. The van der Waals surface area contributed by atoms with E-state index in [2.05, 4.69) is 15.8 Å². The first kappa shape index (κ1) is 13.0. The normalized spacial score (nSPS) is 24.2. The van der Waals surface area contributed by atoms with Gasteiger partial charge in [-0.3, -0.25) is 9.59 Å². The standard InChI is InChI=1S/C11H18N4O3/c1-15(7-8-6-12-4-5-18-8)11(17)9-2-3-10(16)14-13-9/h8,12H,2-7H2,1H3,(H,14,16). The molecule has 2 amide bonds. The summed E-state index contributed by atoms with van der Waals surface area (Å²) in [5, 5.41) is 7.01. The van der Waals surface area contributed by atoms with E-state index in [1.54, 1.807) is 11.9 Å². The Morgan fingerprint density at radius 3 is 3.00 bits per heavy atom. The minimum absolute atomic E-state index is 0.0199. The second kappa shape index (κ2) is 5.92. The van der Waals surface area contributed by atoms with Gasteiger partial charge in [0.25, 0.3) is 5.91 Å². The lowest BCUT2D eigenvalue weighted by Gasteiger charge is -2.28. The Morgan fingerprint density at radius 2 is 2.39 bits per heavy atom. The van der Waals surface area contributed by atoms with Crippen molar-refractivity contribution in [2.45, 2.75) is 18.9 Å². The Morgan fingerprint density at radius 1 is 1.56 bits per heavy atom. The molecule has 0 aromatic carbocycles. The van der Waals surface area contributed by atoms with Crippen molar-refractivity contribution in [2.75, 3.05) is 33.3 Å². The molecule has 2 rings (SSSR count). The van der Waals surface area contributed by atoms with E-state index in [0.29, 0.717) is 31.7 Å². The summed E-state index contributed by atoms with van der Waals surface area (Å²) in [4.78, 5) is 24.6. The van der Waals surface area contributed by atoms with E-state index < -0.39 is 0 Å². The number of hydrogen-bond donors (Lipinski definition) is 2. The fourth-order valence-electron chi connectivity index (χ4n) is 1.97. The third-order valence-electron chi connectivity index (χ3n) is 2.98. The molecule has 0 radical (unpaired) electrons. The molecule has 2 heterocycles. The first-order valence-electron chi connectivity index (χ1n) is 6.10. The highest BCUT2D eigenvalue weighted by atomic mass is 16.5. The molecule has 0 aromatic rings. The second-order valence-corrected chi connectivity index (χ2v) is 4.48. The van der Waals surface area contributed by atoms with Gasteiger partial charge in [-0.2, -0.15) is 5.10 Å². The van der Waals surface area contributed by atoms with Crippen LogP contribution in [0.2, 0.25) is 0 Å². The molecule has 2 N–H and O–H groups in total. The summed E-state index contributed by atoms with van der Waals surface area (Å²) in [5.74, 6) is -0.293. The van der Waals surface area contributed by atoms with Gasteiger partial charge >= 0.3 is 0 Å². The van der Waals surface area contributed by atoms with Gasteiger partial charge in [-0.1, -0.05) is 0 Å². The minimum atomic E-state index is -0.149. The van der Waals surface area contributed by atoms with Crippen LogP contribution in [0.5, 0.6) is 0 Å². The Labute approximate surface area is 106 Å². The maximum absolute atomic E-state index is 12.0. The summed E-state index contributed by atoms with van der Waals surface area (Å²) in [6.45, 7) is 2.80. The average molecular weight is 254 g/mol. The van der Waals surface area contributed by atoms with Crippen LogP contribution in [-0.4, -0.2) is 61.8 Å². The second-order valence-electron chi connectivity index (χ2n) is 4.48. The van der Waals surface area contributed by atoms with Crippen LogP contribution in [-0.2, 0) is 14.3 Å². The van der Waals surface area contributed by atoms with Crippen molar-refractivity contribution in [1.82, 2.24) is 15.6 Å². The molecule has 18 heavy (non-hydrogen) atoms. The molecule has 100 valence electrons. The summed E-state index contributed by atoms with van der Waals surface area (Å²) in [5.41, 5.74) is 2.73. The lowest BCUT2D eigenvalue weighted by atomic mass is 10.1. The molecular weight excluding hydrogens is 236 g/mol. The molecule has 0 saturated carbocycles. The average Bonchev–Trinajstić information content (AvgIpc) is 2.40. The van der Waals surface area contributed by atoms with Crippen LogP contribution in [0, 0.1) is 0 Å². The molecule has 0 aromatic heterocycles. The van der Waals surface area contributed by atoms with Gasteiger partial charge in [0, 0.05) is 39.5 Å². The van der Waals surface area contributed by atoms with E-state index in [1.165, 1.54) is 0 Å². The highest BCUT2D eigenvalue weighted by Crippen LogP contribution is 2.05. The third-order valence-corrected chi connectivity index (χ3v) is 2.98. The van der Waals surface area contributed by atoms with Crippen LogP contribution < -0.4 is 10.7 Å². The Hall–Kier alpha value is -1.47. The van der Waals surface area contributed by atoms with Crippen LogP contribution in [0.25, 0.3) is 0 Å². The number of rotatable bonds is 3. The molecule has 1 fully saturated rings. The lowest BCUT2D eigenvalue weighted by Crippen LogP contribution is -2.47. The summed E-state index contributed by atoms with van der Waals surface area (Å²) in [6, 6.07) is 0.